The molecule has 0 saturated heterocycles. The summed E-state index contributed by atoms with van der Waals surface area (Å²) >= 11 is 0. The lowest BCUT2D eigenvalue weighted by Crippen LogP contribution is -2.38. The number of anilines is 1. The Hall–Kier alpha value is -2.37. The Labute approximate surface area is 110 Å². The van der Waals surface area contributed by atoms with E-state index in [0.29, 0.717) is 13.1 Å². The molecule has 3 rings (SSSR count). The molecule has 6 heteroatoms. The zero-order chi connectivity index (χ0) is 13.2. The number of hydrogen-bond donors (Lipinski definition) is 1. The average Bonchev–Trinajstić information content (AvgIpc) is 2.91. The Balaban J connectivity index is 1.73. The molecule has 1 aliphatic rings. The number of nitrogens with zero attached hydrogens (tertiary/aromatic N) is 4. The van der Waals surface area contributed by atoms with Gasteiger partial charge in [0.1, 0.15) is 6.54 Å². The van der Waals surface area contributed by atoms with Gasteiger partial charge < -0.3 is 10.6 Å². The lowest BCUT2D eigenvalue weighted by Gasteiger charge is -2.29. The van der Waals surface area contributed by atoms with Crippen molar-refractivity contribution in [3.63, 3.8) is 0 Å². The lowest BCUT2D eigenvalue weighted by atomic mass is 9.98. The van der Waals surface area contributed by atoms with Gasteiger partial charge in [0.05, 0.1) is 6.20 Å². The van der Waals surface area contributed by atoms with Gasteiger partial charge in [-0.3, -0.25) is 4.79 Å². The highest BCUT2D eigenvalue weighted by Gasteiger charge is 2.21. The van der Waals surface area contributed by atoms with Crippen molar-refractivity contribution in [1.29, 1.82) is 0 Å². The minimum absolute atomic E-state index is 0.0542. The van der Waals surface area contributed by atoms with E-state index in [1.165, 1.54) is 10.2 Å². The summed E-state index contributed by atoms with van der Waals surface area (Å²) < 4.78 is 1.54. The predicted molar refractivity (Wildman–Crippen MR) is 70.0 cm³/mol. The van der Waals surface area contributed by atoms with Gasteiger partial charge >= 0.3 is 0 Å². The van der Waals surface area contributed by atoms with Crippen LogP contribution in [0.25, 0.3) is 0 Å². The van der Waals surface area contributed by atoms with Crippen molar-refractivity contribution < 1.29 is 4.79 Å². The van der Waals surface area contributed by atoms with Gasteiger partial charge in [0.2, 0.25) is 5.91 Å². The Bertz CT molecular complexity index is 593. The second-order valence-corrected chi connectivity index (χ2v) is 4.65. The number of hydrogen-bond acceptors (Lipinski definition) is 4. The third-order valence-corrected chi connectivity index (χ3v) is 3.42. The fourth-order valence-corrected chi connectivity index (χ4v) is 2.41. The first-order chi connectivity index (χ1) is 9.24. The molecular weight excluding hydrogens is 242 g/mol. The number of nitrogen functional groups attached to an aromatic ring is 1. The fraction of sp³-hybridized carbons (Fsp3) is 0.308. The normalized spacial score (nSPS) is 14.2. The quantitative estimate of drug-likeness (QED) is 0.792. The van der Waals surface area contributed by atoms with Crippen LogP contribution in [0.5, 0.6) is 0 Å². The van der Waals surface area contributed by atoms with Crippen molar-refractivity contribution in [2.24, 2.45) is 0 Å². The van der Waals surface area contributed by atoms with E-state index < -0.39 is 0 Å². The largest absolute Gasteiger partial charge is 0.398 e. The van der Waals surface area contributed by atoms with Crippen molar-refractivity contribution in [2.45, 2.75) is 19.5 Å². The summed E-state index contributed by atoms with van der Waals surface area (Å²) in [6.45, 7) is 1.56. The van der Waals surface area contributed by atoms with Crippen LogP contribution in [-0.2, 0) is 24.3 Å². The summed E-state index contributed by atoms with van der Waals surface area (Å²) in [6.07, 6.45) is 4.07. The van der Waals surface area contributed by atoms with Gasteiger partial charge in [-0.25, -0.2) is 4.68 Å². The molecule has 0 radical (unpaired) electrons. The number of nitrogens with two attached hydrogens (primary N) is 1. The zero-order valence-corrected chi connectivity index (χ0v) is 10.5. The predicted octanol–water partition coefficient (Wildman–Crippen LogP) is 0.445. The molecule has 2 heterocycles. The third kappa shape index (κ3) is 2.29. The molecule has 2 N–H and O–H groups in total. The maximum absolute atomic E-state index is 12.2. The highest BCUT2D eigenvalue weighted by molar-refractivity contribution is 5.76. The molecule has 0 saturated carbocycles. The highest BCUT2D eigenvalue weighted by atomic mass is 16.2. The molecule has 6 nitrogen and oxygen atoms in total. The van der Waals surface area contributed by atoms with E-state index in [0.717, 1.165) is 17.7 Å². The molecule has 2 aromatic rings. The van der Waals surface area contributed by atoms with Gasteiger partial charge in [-0.15, -0.1) is 5.10 Å². The molecule has 98 valence electrons. The number of rotatable bonds is 2. The van der Waals surface area contributed by atoms with Gasteiger partial charge in [0.25, 0.3) is 0 Å². The first kappa shape index (κ1) is 11.7. The van der Waals surface area contributed by atoms with Gasteiger partial charge in [0.15, 0.2) is 0 Å². The maximum Gasteiger partial charge on any atom is 0.244 e. The molecule has 0 unspecified atom stereocenters. The summed E-state index contributed by atoms with van der Waals surface area (Å²) in [5.41, 5.74) is 9.08. The van der Waals surface area contributed by atoms with Crippen molar-refractivity contribution in [2.75, 3.05) is 12.3 Å². The molecule has 1 amide bonds. The lowest BCUT2D eigenvalue weighted by molar-refractivity contribution is -0.133. The number of carbonyl (C=O) groups excluding carboxylic acids is 1. The number of carbonyl (C=O) groups is 1. The van der Waals surface area contributed by atoms with Crippen molar-refractivity contribution >= 4 is 11.6 Å². The molecule has 0 aliphatic carbocycles. The van der Waals surface area contributed by atoms with Crippen LogP contribution < -0.4 is 5.73 Å². The monoisotopic (exact) mass is 257 g/mol. The van der Waals surface area contributed by atoms with Crippen LogP contribution in [0.2, 0.25) is 0 Å². The Kier molecular flexibility index (Phi) is 2.91. The summed E-state index contributed by atoms with van der Waals surface area (Å²) in [7, 11) is 0. The molecule has 0 bridgehead atoms. The molecular formula is C13H15N5O. The highest BCUT2D eigenvalue weighted by Crippen LogP contribution is 2.24. The molecule has 1 aromatic carbocycles. The Morgan fingerprint density at radius 2 is 2.32 bits per heavy atom. The van der Waals surface area contributed by atoms with Crippen LogP contribution in [0.15, 0.2) is 30.6 Å². The number of amides is 1. The first-order valence-electron chi connectivity index (χ1n) is 6.22. The van der Waals surface area contributed by atoms with E-state index in [-0.39, 0.29) is 12.5 Å². The molecule has 19 heavy (non-hydrogen) atoms. The van der Waals surface area contributed by atoms with Gasteiger partial charge in [-0.1, -0.05) is 17.3 Å². The molecule has 0 spiro atoms. The minimum Gasteiger partial charge on any atom is -0.398 e. The van der Waals surface area contributed by atoms with E-state index in [1.807, 2.05) is 23.1 Å². The van der Waals surface area contributed by atoms with E-state index in [4.69, 9.17) is 5.73 Å². The molecule has 1 aliphatic heterocycles. The van der Waals surface area contributed by atoms with Crippen LogP contribution >= 0.6 is 0 Å². The summed E-state index contributed by atoms with van der Waals surface area (Å²) in [5.74, 6) is 0.0542. The van der Waals surface area contributed by atoms with Gasteiger partial charge in [0, 0.05) is 25.0 Å². The smallest absolute Gasteiger partial charge is 0.244 e. The van der Waals surface area contributed by atoms with Crippen LogP contribution in [0, 0.1) is 0 Å². The van der Waals surface area contributed by atoms with Crippen LogP contribution in [0.4, 0.5) is 5.69 Å². The molecule has 0 fully saturated rings. The van der Waals surface area contributed by atoms with E-state index in [2.05, 4.69) is 10.3 Å². The summed E-state index contributed by atoms with van der Waals surface area (Å²) in [5, 5.41) is 7.50. The Morgan fingerprint density at radius 1 is 1.42 bits per heavy atom. The van der Waals surface area contributed by atoms with Crippen LogP contribution in [-0.4, -0.2) is 32.3 Å². The molecule has 0 atom stereocenters. The number of benzene rings is 1. The third-order valence-electron chi connectivity index (χ3n) is 3.42. The van der Waals surface area contributed by atoms with Gasteiger partial charge in [-0.05, 0) is 23.6 Å². The zero-order valence-electron chi connectivity index (χ0n) is 10.5. The summed E-state index contributed by atoms with van der Waals surface area (Å²) in [4.78, 5) is 14.0. The van der Waals surface area contributed by atoms with Crippen LogP contribution in [0.3, 0.4) is 0 Å². The minimum atomic E-state index is 0.0542. The second kappa shape index (κ2) is 4.72. The van der Waals surface area contributed by atoms with Crippen molar-refractivity contribution in [3.05, 3.63) is 41.7 Å². The fourth-order valence-electron chi connectivity index (χ4n) is 2.41. The average molecular weight is 257 g/mol. The van der Waals surface area contributed by atoms with E-state index >= 15 is 0 Å². The standard InChI is InChI=1S/C13H15N5O/c14-12-3-1-2-10-8-17(6-4-11(10)12)13(19)9-18-7-5-15-16-18/h1-3,5,7H,4,6,8-9,14H2. The second-order valence-electron chi connectivity index (χ2n) is 4.65. The van der Waals surface area contributed by atoms with Crippen molar-refractivity contribution in [1.82, 2.24) is 19.9 Å². The maximum atomic E-state index is 12.2. The SMILES string of the molecule is Nc1cccc2c1CCN(C(=O)Cn1ccnn1)C2. The topological polar surface area (TPSA) is 77.0 Å². The van der Waals surface area contributed by atoms with Crippen molar-refractivity contribution in [3.8, 4) is 0 Å². The molecule has 1 aromatic heterocycles. The first-order valence-corrected chi connectivity index (χ1v) is 6.22. The van der Waals surface area contributed by atoms with Crippen LogP contribution in [0.1, 0.15) is 11.1 Å². The van der Waals surface area contributed by atoms with E-state index in [9.17, 15) is 4.79 Å². The Morgan fingerprint density at radius 3 is 3.11 bits per heavy atom. The van der Waals surface area contributed by atoms with E-state index in [1.54, 1.807) is 12.4 Å². The van der Waals surface area contributed by atoms with Gasteiger partial charge in [-0.2, -0.15) is 0 Å². The number of fused-ring (bicyclic) bond motifs is 1. The summed E-state index contributed by atoms with van der Waals surface area (Å²) in [6, 6.07) is 5.87. The number of aromatic nitrogens is 3.